The summed E-state index contributed by atoms with van der Waals surface area (Å²) in [5.74, 6) is -4.13. The highest BCUT2D eigenvalue weighted by Gasteiger charge is 2.17. The van der Waals surface area contributed by atoms with E-state index in [1.165, 1.54) is 11.3 Å². The van der Waals surface area contributed by atoms with Crippen LogP contribution in [0, 0.1) is 17.5 Å². The van der Waals surface area contributed by atoms with Crippen LogP contribution in [0.4, 0.5) is 13.2 Å². The summed E-state index contributed by atoms with van der Waals surface area (Å²) in [6.45, 7) is 0. The maximum absolute atomic E-state index is 12.9. The average Bonchev–Trinajstić information content (AvgIpc) is 2.77. The van der Waals surface area contributed by atoms with Crippen molar-refractivity contribution in [1.82, 2.24) is 0 Å². The minimum Gasteiger partial charge on any atom is -0.383 e. The molecule has 0 fully saturated rings. The van der Waals surface area contributed by atoms with Crippen molar-refractivity contribution in [3.8, 4) is 0 Å². The molecule has 0 radical (unpaired) electrons. The number of halogens is 3. The van der Waals surface area contributed by atoms with E-state index in [9.17, 15) is 18.3 Å². The van der Waals surface area contributed by atoms with Crippen LogP contribution < -0.4 is 0 Å². The molecule has 5 heteroatoms. The molecule has 1 atom stereocenters. The summed E-state index contributed by atoms with van der Waals surface area (Å²) in [4.78, 5) is 0.547. The van der Waals surface area contributed by atoms with Gasteiger partial charge in [-0.3, -0.25) is 0 Å². The number of thiophene rings is 1. The van der Waals surface area contributed by atoms with Crippen LogP contribution in [0.5, 0.6) is 0 Å². The second-order valence-corrected chi connectivity index (χ2v) is 4.20. The van der Waals surface area contributed by atoms with E-state index < -0.39 is 23.6 Å². The molecule has 1 N–H and O–H groups in total. The quantitative estimate of drug-likeness (QED) is 0.804. The van der Waals surface area contributed by atoms with Crippen molar-refractivity contribution in [2.45, 2.75) is 6.10 Å². The van der Waals surface area contributed by atoms with E-state index >= 15 is 0 Å². The fourth-order valence-corrected chi connectivity index (χ4v) is 2.08. The van der Waals surface area contributed by atoms with E-state index in [-0.39, 0.29) is 5.56 Å². The molecule has 0 saturated heterocycles. The maximum atomic E-state index is 12.9. The summed E-state index contributed by atoms with van der Waals surface area (Å²) in [7, 11) is 0. The molecule has 0 spiro atoms. The minimum absolute atomic E-state index is 0.00106. The van der Waals surface area contributed by atoms with Gasteiger partial charge in [-0.05, 0) is 29.1 Å². The lowest BCUT2D eigenvalue weighted by molar-refractivity contribution is 0.222. The zero-order valence-electron chi connectivity index (χ0n) is 7.95. The number of hydrogen-bond acceptors (Lipinski definition) is 2. The van der Waals surface area contributed by atoms with Gasteiger partial charge in [-0.1, -0.05) is 6.07 Å². The Balaban J connectivity index is 2.42. The Morgan fingerprint density at radius 2 is 1.75 bits per heavy atom. The SMILES string of the molecule is O[C@@H](c1cc(F)c(F)c(F)c1)c1cccs1. The molecule has 1 nitrogen and oxygen atoms in total. The Bertz CT molecular complexity index is 473. The highest BCUT2D eigenvalue weighted by Crippen LogP contribution is 2.27. The lowest BCUT2D eigenvalue weighted by Crippen LogP contribution is -2.01. The lowest BCUT2D eigenvalue weighted by atomic mass is 10.1. The van der Waals surface area contributed by atoms with E-state index in [1.807, 2.05) is 0 Å². The second kappa shape index (κ2) is 4.27. The van der Waals surface area contributed by atoms with E-state index in [1.54, 1.807) is 17.5 Å². The molecule has 1 aromatic heterocycles. The van der Waals surface area contributed by atoms with Gasteiger partial charge >= 0.3 is 0 Å². The molecule has 2 aromatic rings. The molecule has 84 valence electrons. The first-order chi connectivity index (χ1) is 7.59. The first-order valence-electron chi connectivity index (χ1n) is 4.45. The molecule has 1 aromatic carbocycles. The lowest BCUT2D eigenvalue weighted by Gasteiger charge is -2.09. The Morgan fingerprint density at radius 3 is 2.25 bits per heavy atom. The standard InChI is InChI=1S/C11H7F3OS/c12-7-4-6(5-8(13)10(7)14)11(15)9-2-1-3-16-9/h1-5,11,15H/t11-/m0/s1. The van der Waals surface area contributed by atoms with Gasteiger partial charge in [-0.25, -0.2) is 13.2 Å². The van der Waals surface area contributed by atoms with Crippen LogP contribution in [0.15, 0.2) is 29.6 Å². The predicted molar refractivity (Wildman–Crippen MR) is 54.7 cm³/mol. The fourth-order valence-electron chi connectivity index (χ4n) is 1.34. The summed E-state index contributed by atoms with van der Waals surface area (Å²) in [5, 5.41) is 11.5. The summed E-state index contributed by atoms with van der Waals surface area (Å²) < 4.78 is 38.5. The van der Waals surface area contributed by atoms with Gasteiger partial charge in [0.1, 0.15) is 6.10 Å². The molecular formula is C11H7F3OS. The van der Waals surface area contributed by atoms with E-state index in [4.69, 9.17) is 0 Å². The van der Waals surface area contributed by atoms with Crippen molar-refractivity contribution in [3.63, 3.8) is 0 Å². The summed E-state index contributed by atoms with van der Waals surface area (Å²) in [5.41, 5.74) is -0.00106. The third kappa shape index (κ3) is 1.96. The molecule has 1 heterocycles. The number of aliphatic hydroxyl groups excluding tert-OH is 1. The van der Waals surface area contributed by atoms with Gasteiger partial charge in [0.15, 0.2) is 17.5 Å². The van der Waals surface area contributed by atoms with Crippen LogP contribution >= 0.6 is 11.3 Å². The van der Waals surface area contributed by atoms with E-state index in [0.29, 0.717) is 4.88 Å². The van der Waals surface area contributed by atoms with E-state index in [2.05, 4.69) is 0 Å². The third-order valence-corrected chi connectivity index (χ3v) is 3.06. The fraction of sp³-hybridized carbons (Fsp3) is 0.0909. The summed E-state index contributed by atoms with van der Waals surface area (Å²) in [6, 6.07) is 4.93. The Hall–Kier alpha value is -1.33. The van der Waals surface area contributed by atoms with Gasteiger partial charge in [0.25, 0.3) is 0 Å². The first kappa shape index (κ1) is 11.2. The third-order valence-electron chi connectivity index (χ3n) is 2.13. The number of aliphatic hydroxyl groups is 1. The minimum atomic E-state index is -1.53. The van der Waals surface area contributed by atoms with Gasteiger partial charge < -0.3 is 5.11 Å². The van der Waals surface area contributed by atoms with Gasteiger partial charge in [0, 0.05) is 4.88 Å². The number of benzene rings is 1. The van der Waals surface area contributed by atoms with Crippen LogP contribution in [-0.4, -0.2) is 5.11 Å². The zero-order chi connectivity index (χ0) is 11.7. The molecule has 0 unspecified atom stereocenters. The number of rotatable bonds is 2. The molecule has 0 aliphatic rings. The van der Waals surface area contributed by atoms with Crippen molar-refractivity contribution in [3.05, 3.63) is 57.5 Å². The van der Waals surface area contributed by atoms with Crippen LogP contribution in [-0.2, 0) is 0 Å². The van der Waals surface area contributed by atoms with Crippen molar-refractivity contribution >= 4 is 11.3 Å². The Labute approximate surface area is 93.8 Å². The van der Waals surface area contributed by atoms with Gasteiger partial charge in [-0.15, -0.1) is 11.3 Å². The Kier molecular flexibility index (Phi) is 2.98. The van der Waals surface area contributed by atoms with Crippen molar-refractivity contribution in [1.29, 1.82) is 0 Å². The maximum Gasteiger partial charge on any atom is 0.194 e. The van der Waals surface area contributed by atoms with Crippen LogP contribution in [0.1, 0.15) is 16.5 Å². The molecule has 0 bridgehead atoms. The van der Waals surface area contributed by atoms with Gasteiger partial charge in [0.05, 0.1) is 0 Å². The monoisotopic (exact) mass is 244 g/mol. The van der Waals surface area contributed by atoms with Crippen molar-refractivity contribution < 1.29 is 18.3 Å². The molecule has 0 aliphatic heterocycles. The molecule has 0 saturated carbocycles. The topological polar surface area (TPSA) is 20.2 Å². The second-order valence-electron chi connectivity index (χ2n) is 3.22. The molecule has 16 heavy (non-hydrogen) atoms. The van der Waals surface area contributed by atoms with Gasteiger partial charge in [-0.2, -0.15) is 0 Å². The molecule has 2 rings (SSSR count). The van der Waals surface area contributed by atoms with Crippen LogP contribution in [0.2, 0.25) is 0 Å². The predicted octanol–water partition coefficient (Wildman–Crippen LogP) is 3.25. The first-order valence-corrected chi connectivity index (χ1v) is 5.33. The van der Waals surface area contributed by atoms with Crippen LogP contribution in [0.3, 0.4) is 0 Å². The number of hydrogen-bond donors (Lipinski definition) is 1. The van der Waals surface area contributed by atoms with E-state index in [0.717, 1.165) is 12.1 Å². The largest absolute Gasteiger partial charge is 0.383 e. The zero-order valence-corrected chi connectivity index (χ0v) is 8.77. The summed E-state index contributed by atoms with van der Waals surface area (Å²) >= 11 is 1.25. The van der Waals surface area contributed by atoms with Crippen molar-refractivity contribution in [2.75, 3.05) is 0 Å². The average molecular weight is 244 g/mol. The van der Waals surface area contributed by atoms with Crippen LogP contribution in [0.25, 0.3) is 0 Å². The van der Waals surface area contributed by atoms with Gasteiger partial charge in [0.2, 0.25) is 0 Å². The highest BCUT2D eigenvalue weighted by molar-refractivity contribution is 7.10. The highest BCUT2D eigenvalue weighted by atomic mass is 32.1. The molecular weight excluding hydrogens is 237 g/mol. The van der Waals surface area contributed by atoms with Crippen molar-refractivity contribution in [2.24, 2.45) is 0 Å². The Morgan fingerprint density at radius 1 is 1.12 bits per heavy atom. The summed E-state index contributed by atoms with van der Waals surface area (Å²) in [6.07, 6.45) is -1.13. The molecule has 0 amide bonds. The smallest absolute Gasteiger partial charge is 0.194 e. The normalized spacial score (nSPS) is 12.8. The molecule has 0 aliphatic carbocycles.